The Morgan fingerprint density at radius 1 is 1.21 bits per heavy atom. The number of nitrogens with zero attached hydrogens (tertiary/aromatic N) is 3. The number of guanidine groups is 1. The number of hydrogen-bond acceptors (Lipinski definition) is 4. The molecule has 0 aliphatic carbocycles. The Bertz CT molecular complexity index is 622. The third kappa shape index (κ3) is 6.78. The molecular formula is C21H35IN4OS. The van der Waals surface area contributed by atoms with Crippen molar-refractivity contribution in [2.45, 2.75) is 32.2 Å². The Balaban J connectivity index is 0.00000280. The highest BCUT2D eigenvalue weighted by Crippen LogP contribution is 2.25. The van der Waals surface area contributed by atoms with Gasteiger partial charge in [0.1, 0.15) is 0 Å². The van der Waals surface area contributed by atoms with Gasteiger partial charge in [-0.05, 0) is 17.0 Å². The normalized spacial score (nSPS) is 21.5. The van der Waals surface area contributed by atoms with Crippen molar-refractivity contribution in [2.24, 2.45) is 10.9 Å². The molecule has 1 aromatic carbocycles. The third-order valence-electron chi connectivity index (χ3n) is 5.40. The Morgan fingerprint density at radius 3 is 2.61 bits per heavy atom. The van der Waals surface area contributed by atoms with Crippen molar-refractivity contribution in [1.82, 2.24) is 15.1 Å². The van der Waals surface area contributed by atoms with Crippen molar-refractivity contribution >= 4 is 41.7 Å². The van der Waals surface area contributed by atoms with E-state index in [-0.39, 0.29) is 24.0 Å². The fourth-order valence-electron chi connectivity index (χ4n) is 3.66. The van der Waals surface area contributed by atoms with Gasteiger partial charge in [-0.25, -0.2) is 0 Å². The lowest BCUT2D eigenvalue weighted by atomic mass is 10.1. The molecule has 2 aliphatic rings. The molecule has 0 aromatic heterocycles. The van der Waals surface area contributed by atoms with Crippen LogP contribution in [-0.2, 0) is 17.8 Å². The minimum absolute atomic E-state index is 0. The molecule has 2 fully saturated rings. The molecule has 0 radical (unpaired) electrons. The van der Waals surface area contributed by atoms with Gasteiger partial charge in [0.2, 0.25) is 0 Å². The summed E-state index contributed by atoms with van der Waals surface area (Å²) in [5.41, 5.74) is 2.76. The lowest BCUT2D eigenvalue weighted by Gasteiger charge is -2.36. The van der Waals surface area contributed by atoms with Crippen LogP contribution in [0, 0.1) is 5.92 Å². The van der Waals surface area contributed by atoms with Gasteiger partial charge in [0.15, 0.2) is 5.96 Å². The van der Waals surface area contributed by atoms with Gasteiger partial charge in [-0.1, -0.05) is 38.1 Å². The van der Waals surface area contributed by atoms with Crippen LogP contribution in [0.2, 0.25) is 0 Å². The van der Waals surface area contributed by atoms with Gasteiger partial charge in [-0.2, -0.15) is 11.8 Å². The fourth-order valence-corrected chi connectivity index (χ4v) is 4.96. The summed E-state index contributed by atoms with van der Waals surface area (Å²) in [4.78, 5) is 9.46. The molecule has 2 aliphatic heterocycles. The van der Waals surface area contributed by atoms with Crippen LogP contribution in [0.3, 0.4) is 0 Å². The summed E-state index contributed by atoms with van der Waals surface area (Å²) in [6, 6.07) is 8.76. The monoisotopic (exact) mass is 518 g/mol. The first-order chi connectivity index (χ1) is 13.2. The molecule has 0 spiro atoms. The highest BCUT2D eigenvalue weighted by molar-refractivity contribution is 14.0. The van der Waals surface area contributed by atoms with Crippen molar-refractivity contribution < 1.29 is 4.74 Å². The number of morpholine rings is 1. The van der Waals surface area contributed by atoms with E-state index in [9.17, 15) is 0 Å². The van der Waals surface area contributed by atoms with Crippen LogP contribution in [0.25, 0.3) is 0 Å². The Hall–Kier alpha value is -0.510. The molecule has 0 bridgehead atoms. The Morgan fingerprint density at radius 2 is 1.93 bits per heavy atom. The maximum atomic E-state index is 5.48. The van der Waals surface area contributed by atoms with Crippen LogP contribution in [-0.4, -0.2) is 73.2 Å². The van der Waals surface area contributed by atoms with E-state index in [0.29, 0.717) is 11.2 Å². The molecule has 1 N–H and O–H groups in total. The zero-order valence-electron chi connectivity index (χ0n) is 17.4. The molecule has 2 saturated heterocycles. The summed E-state index contributed by atoms with van der Waals surface area (Å²) >= 11 is 2.10. The van der Waals surface area contributed by atoms with Crippen LogP contribution in [0.4, 0.5) is 0 Å². The van der Waals surface area contributed by atoms with Crippen molar-refractivity contribution in [3.05, 3.63) is 35.4 Å². The van der Waals surface area contributed by atoms with Gasteiger partial charge in [0.05, 0.1) is 13.2 Å². The van der Waals surface area contributed by atoms with Crippen LogP contribution < -0.4 is 5.32 Å². The number of nitrogens with one attached hydrogen (secondary N) is 1. The van der Waals surface area contributed by atoms with Crippen molar-refractivity contribution in [3.63, 3.8) is 0 Å². The van der Waals surface area contributed by atoms with Crippen LogP contribution in [0.5, 0.6) is 0 Å². The van der Waals surface area contributed by atoms with Crippen molar-refractivity contribution in [2.75, 3.05) is 52.2 Å². The molecule has 7 heteroatoms. The van der Waals surface area contributed by atoms with Gasteiger partial charge >= 0.3 is 0 Å². The molecule has 0 saturated carbocycles. The van der Waals surface area contributed by atoms with E-state index in [2.05, 4.69) is 70.0 Å². The maximum Gasteiger partial charge on any atom is 0.193 e. The van der Waals surface area contributed by atoms with Crippen LogP contribution in [0.15, 0.2) is 29.3 Å². The van der Waals surface area contributed by atoms with Crippen LogP contribution >= 0.6 is 35.7 Å². The summed E-state index contributed by atoms with van der Waals surface area (Å²) < 4.78 is 5.48. The summed E-state index contributed by atoms with van der Waals surface area (Å²) in [5, 5.41) is 4.30. The third-order valence-corrected chi connectivity index (χ3v) is 6.94. The number of ether oxygens (including phenoxy) is 1. The number of benzene rings is 1. The second-order valence-corrected chi connectivity index (χ2v) is 9.00. The lowest BCUT2D eigenvalue weighted by molar-refractivity contribution is 0.0341. The molecule has 3 rings (SSSR count). The van der Waals surface area contributed by atoms with Gasteiger partial charge < -0.3 is 15.0 Å². The first-order valence-corrected chi connectivity index (χ1v) is 11.2. The van der Waals surface area contributed by atoms with Gasteiger partial charge in [0, 0.05) is 57.3 Å². The van der Waals surface area contributed by atoms with E-state index in [1.165, 1.54) is 16.9 Å². The summed E-state index contributed by atoms with van der Waals surface area (Å²) in [6.07, 6.45) is 0. The minimum Gasteiger partial charge on any atom is -0.379 e. The topological polar surface area (TPSA) is 40.1 Å². The van der Waals surface area contributed by atoms with Crippen molar-refractivity contribution in [1.29, 1.82) is 0 Å². The van der Waals surface area contributed by atoms with E-state index in [1.54, 1.807) is 0 Å². The number of hydrogen-bond donors (Lipinski definition) is 1. The molecule has 1 aromatic rings. The molecule has 1 atom stereocenters. The first kappa shape index (κ1) is 23.8. The first-order valence-electron chi connectivity index (χ1n) is 10.1. The van der Waals surface area contributed by atoms with E-state index >= 15 is 0 Å². The van der Waals surface area contributed by atoms with Crippen LogP contribution in [0.1, 0.15) is 25.0 Å². The number of thioether (sulfide) groups is 1. The summed E-state index contributed by atoms with van der Waals surface area (Å²) in [6.45, 7) is 12.3. The maximum absolute atomic E-state index is 5.48. The summed E-state index contributed by atoms with van der Waals surface area (Å²) in [5.74, 6) is 2.91. The largest absolute Gasteiger partial charge is 0.379 e. The highest BCUT2D eigenvalue weighted by Gasteiger charge is 2.25. The smallest absolute Gasteiger partial charge is 0.193 e. The van der Waals surface area contributed by atoms with E-state index < -0.39 is 0 Å². The Kier molecular flexibility index (Phi) is 10.4. The fraction of sp³-hybridized carbons (Fsp3) is 0.667. The molecule has 1 unspecified atom stereocenters. The highest BCUT2D eigenvalue weighted by atomic mass is 127. The number of halogens is 1. The predicted octanol–water partition coefficient (Wildman–Crippen LogP) is 3.29. The zero-order chi connectivity index (χ0) is 19.1. The predicted molar refractivity (Wildman–Crippen MR) is 131 cm³/mol. The quantitative estimate of drug-likeness (QED) is 0.368. The number of aliphatic imine (C=N–C) groups is 1. The van der Waals surface area contributed by atoms with Gasteiger partial charge in [0.25, 0.3) is 0 Å². The van der Waals surface area contributed by atoms with Crippen molar-refractivity contribution in [3.8, 4) is 0 Å². The Labute approximate surface area is 191 Å². The average Bonchev–Trinajstić information content (AvgIpc) is 2.70. The van der Waals surface area contributed by atoms with E-state index in [0.717, 1.165) is 58.4 Å². The lowest BCUT2D eigenvalue weighted by Crippen LogP contribution is -2.48. The number of rotatable bonds is 5. The zero-order valence-corrected chi connectivity index (χ0v) is 20.5. The second-order valence-electron chi connectivity index (χ2n) is 7.66. The molecule has 28 heavy (non-hydrogen) atoms. The minimum atomic E-state index is 0. The molecule has 158 valence electrons. The van der Waals surface area contributed by atoms with Gasteiger partial charge in [-0.15, -0.1) is 24.0 Å². The molecule has 0 amide bonds. The summed E-state index contributed by atoms with van der Waals surface area (Å²) in [7, 11) is 1.90. The molecule has 5 nitrogen and oxygen atoms in total. The van der Waals surface area contributed by atoms with Gasteiger partial charge in [-0.3, -0.25) is 9.89 Å². The second kappa shape index (κ2) is 12.2. The average molecular weight is 519 g/mol. The SMILES string of the molecule is CN=C(NCc1ccccc1CN1CCOCC1)N1CCSC(C(C)C)C1.I. The molecule has 2 heterocycles. The van der Waals surface area contributed by atoms with E-state index in [1.807, 2.05) is 7.05 Å². The van der Waals surface area contributed by atoms with E-state index in [4.69, 9.17) is 4.74 Å². The standard InChI is InChI=1S/C21H34N4OS.HI/c1-17(2)20-16-25(10-13-27-20)21(22-3)23-14-18-6-4-5-7-19(18)15-24-8-11-26-12-9-24;/h4-7,17,20H,8-16H2,1-3H3,(H,22,23);1H. The molecular weight excluding hydrogens is 483 g/mol.